The Morgan fingerprint density at radius 2 is 2.38 bits per heavy atom. The summed E-state index contributed by atoms with van der Waals surface area (Å²) >= 11 is 0. The molecule has 0 amide bonds. The highest BCUT2D eigenvalue weighted by molar-refractivity contribution is 5.56. The summed E-state index contributed by atoms with van der Waals surface area (Å²) in [6, 6.07) is 0. The largest absolute Gasteiger partial charge is 0.506 e. The first kappa shape index (κ1) is 7.01. The molecule has 0 bridgehead atoms. The van der Waals surface area contributed by atoms with Gasteiger partial charge in [-0.3, -0.25) is 0 Å². The molecule has 0 radical (unpaired) electrons. The van der Waals surface area contributed by atoms with E-state index in [1.165, 1.54) is 0 Å². The molecule has 0 spiro atoms. The Labute approximate surface area is 47.6 Å². The third-order valence-corrected chi connectivity index (χ3v) is 0.442. The molecule has 0 unspecified atom stereocenters. The van der Waals surface area contributed by atoms with E-state index in [-0.39, 0.29) is 6.61 Å². The van der Waals surface area contributed by atoms with Gasteiger partial charge in [0.15, 0.2) is 0 Å². The van der Waals surface area contributed by atoms with Crippen LogP contribution in [0.4, 0.5) is 4.79 Å². The molecule has 0 aromatic carbocycles. The second kappa shape index (κ2) is 3.07. The third kappa shape index (κ3) is 5.01. The Hall–Kier alpha value is -0.990. The molecule has 1 N–H and O–H groups in total. The average molecular weight is 116 g/mol. The fourth-order valence-corrected chi connectivity index (χ4v) is 0.185. The van der Waals surface area contributed by atoms with Crippen LogP contribution in [0.25, 0.3) is 0 Å². The Morgan fingerprint density at radius 1 is 1.88 bits per heavy atom. The predicted octanol–water partition coefficient (Wildman–Crippen LogP) is 1.26. The molecule has 0 aliphatic carbocycles. The van der Waals surface area contributed by atoms with Crippen molar-refractivity contribution in [2.45, 2.75) is 6.92 Å². The third-order valence-electron chi connectivity index (χ3n) is 0.442. The van der Waals surface area contributed by atoms with Gasteiger partial charge >= 0.3 is 6.16 Å². The molecular weight excluding hydrogens is 108 g/mol. The van der Waals surface area contributed by atoms with Gasteiger partial charge in [-0.2, -0.15) is 0 Å². The van der Waals surface area contributed by atoms with Crippen LogP contribution < -0.4 is 0 Å². The van der Waals surface area contributed by atoms with E-state index in [1.54, 1.807) is 6.92 Å². The average Bonchev–Trinajstić information content (AvgIpc) is 1.61. The second-order valence-electron chi connectivity index (χ2n) is 1.51. The van der Waals surface area contributed by atoms with Gasteiger partial charge in [-0.05, 0) is 12.5 Å². The van der Waals surface area contributed by atoms with Crippen LogP contribution in [0.15, 0.2) is 12.2 Å². The van der Waals surface area contributed by atoms with Gasteiger partial charge in [0.1, 0.15) is 6.61 Å². The molecule has 3 nitrogen and oxygen atoms in total. The van der Waals surface area contributed by atoms with E-state index < -0.39 is 6.16 Å². The molecule has 0 atom stereocenters. The number of hydrogen-bond donors (Lipinski definition) is 1. The molecule has 0 aromatic rings. The molecule has 0 saturated heterocycles. The summed E-state index contributed by atoms with van der Waals surface area (Å²) in [5.41, 5.74) is 0.701. The number of ether oxygens (including phenoxy) is 1. The van der Waals surface area contributed by atoms with Gasteiger partial charge in [-0.1, -0.05) is 6.58 Å². The van der Waals surface area contributed by atoms with Crippen LogP contribution in [-0.2, 0) is 4.74 Å². The van der Waals surface area contributed by atoms with E-state index in [0.717, 1.165) is 0 Å². The molecule has 8 heavy (non-hydrogen) atoms. The maximum Gasteiger partial charge on any atom is 0.506 e. The van der Waals surface area contributed by atoms with Crippen LogP contribution in [-0.4, -0.2) is 17.9 Å². The van der Waals surface area contributed by atoms with Crippen molar-refractivity contribution >= 4 is 6.16 Å². The first-order valence-electron chi connectivity index (χ1n) is 2.13. The molecule has 0 saturated carbocycles. The van der Waals surface area contributed by atoms with Crippen molar-refractivity contribution in [1.29, 1.82) is 0 Å². The van der Waals surface area contributed by atoms with Crippen LogP contribution >= 0.6 is 0 Å². The van der Waals surface area contributed by atoms with Crippen molar-refractivity contribution in [2.75, 3.05) is 6.61 Å². The normalized spacial score (nSPS) is 8.12. The minimum atomic E-state index is -1.26. The van der Waals surface area contributed by atoms with Crippen LogP contribution in [0.3, 0.4) is 0 Å². The molecule has 0 aliphatic heterocycles. The fourth-order valence-electron chi connectivity index (χ4n) is 0.185. The predicted molar refractivity (Wildman–Crippen MR) is 28.8 cm³/mol. The van der Waals surface area contributed by atoms with E-state index in [4.69, 9.17) is 5.11 Å². The standard InChI is InChI=1S/C5H8O3/c1-4(2)3-8-5(6)7/h1,3H2,2H3,(H,6,7). The molecule has 0 rings (SSSR count). The minimum Gasteiger partial charge on any atom is -0.450 e. The lowest BCUT2D eigenvalue weighted by molar-refractivity contribution is 0.0997. The molecule has 3 heteroatoms. The summed E-state index contributed by atoms with van der Waals surface area (Å²) in [5.74, 6) is 0. The summed E-state index contributed by atoms with van der Waals surface area (Å²) in [4.78, 5) is 9.64. The van der Waals surface area contributed by atoms with Crippen LogP contribution in [0.5, 0.6) is 0 Å². The maximum atomic E-state index is 9.64. The Bertz CT molecular complexity index is 92.2. The Balaban J connectivity index is 3.18. The van der Waals surface area contributed by atoms with Crippen LogP contribution in [0, 0.1) is 0 Å². The summed E-state index contributed by atoms with van der Waals surface area (Å²) in [6.07, 6.45) is -1.26. The van der Waals surface area contributed by atoms with E-state index >= 15 is 0 Å². The van der Waals surface area contributed by atoms with Crippen molar-refractivity contribution in [3.8, 4) is 0 Å². The van der Waals surface area contributed by atoms with E-state index in [9.17, 15) is 4.79 Å². The van der Waals surface area contributed by atoms with Gasteiger partial charge in [-0.25, -0.2) is 4.79 Å². The van der Waals surface area contributed by atoms with Gasteiger partial charge < -0.3 is 9.84 Å². The second-order valence-corrected chi connectivity index (χ2v) is 1.51. The molecule has 0 heterocycles. The van der Waals surface area contributed by atoms with E-state index in [0.29, 0.717) is 5.57 Å². The van der Waals surface area contributed by atoms with Gasteiger partial charge in [0.25, 0.3) is 0 Å². The van der Waals surface area contributed by atoms with Crippen LogP contribution in [0.2, 0.25) is 0 Å². The number of carboxylic acid groups (broad SMARTS) is 1. The fraction of sp³-hybridized carbons (Fsp3) is 0.400. The monoisotopic (exact) mass is 116 g/mol. The summed E-state index contributed by atoms with van der Waals surface area (Å²) in [7, 11) is 0. The molecule has 0 aliphatic rings. The minimum absolute atomic E-state index is 0.0926. The zero-order chi connectivity index (χ0) is 6.57. The smallest absolute Gasteiger partial charge is 0.450 e. The quantitative estimate of drug-likeness (QED) is 0.436. The van der Waals surface area contributed by atoms with Gasteiger partial charge in [0, 0.05) is 0 Å². The summed E-state index contributed by atoms with van der Waals surface area (Å²) in [5, 5.41) is 7.90. The zero-order valence-corrected chi connectivity index (χ0v) is 4.68. The number of rotatable bonds is 2. The van der Waals surface area contributed by atoms with Crippen molar-refractivity contribution in [3.63, 3.8) is 0 Å². The van der Waals surface area contributed by atoms with E-state index in [1.807, 2.05) is 0 Å². The van der Waals surface area contributed by atoms with Crippen molar-refractivity contribution in [2.24, 2.45) is 0 Å². The highest BCUT2D eigenvalue weighted by Crippen LogP contribution is 1.86. The summed E-state index contributed by atoms with van der Waals surface area (Å²) in [6.45, 7) is 5.23. The first-order valence-corrected chi connectivity index (χ1v) is 2.13. The SMILES string of the molecule is C=C(C)COC(=O)O. The molecule has 46 valence electrons. The topological polar surface area (TPSA) is 46.5 Å². The first-order chi connectivity index (χ1) is 3.63. The van der Waals surface area contributed by atoms with Crippen molar-refractivity contribution in [1.82, 2.24) is 0 Å². The Kier molecular flexibility index (Phi) is 2.69. The number of hydrogen-bond acceptors (Lipinski definition) is 2. The zero-order valence-electron chi connectivity index (χ0n) is 4.68. The maximum absolute atomic E-state index is 9.64. The van der Waals surface area contributed by atoms with Crippen molar-refractivity contribution in [3.05, 3.63) is 12.2 Å². The van der Waals surface area contributed by atoms with Gasteiger partial charge in [0.05, 0.1) is 0 Å². The molecular formula is C5H8O3. The Morgan fingerprint density at radius 3 is 2.50 bits per heavy atom. The lowest BCUT2D eigenvalue weighted by Crippen LogP contribution is -2.01. The highest BCUT2D eigenvalue weighted by Gasteiger charge is 1.92. The van der Waals surface area contributed by atoms with Crippen LogP contribution in [0.1, 0.15) is 6.92 Å². The van der Waals surface area contributed by atoms with Gasteiger partial charge in [0.2, 0.25) is 0 Å². The lowest BCUT2D eigenvalue weighted by atomic mass is 10.4. The van der Waals surface area contributed by atoms with Crippen molar-refractivity contribution < 1.29 is 14.6 Å². The lowest BCUT2D eigenvalue weighted by Gasteiger charge is -1.95. The molecule has 0 aromatic heterocycles. The van der Waals surface area contributed by atoms with E-state index in [2.05, 4.69) is 11.3 Å². The number of carbonyl (C=O) groups is 1. The summed E-state index contributed by atoms with van der Waals surface area (Å²) < 4.78 is 4.12. The molecule has 0 fully saturated rings. The van der Waals surface area contributed by atoms with Gasteiger partial charge in [-0.15, -0.1) is 0 Å². The highest BCUT2D eigenvalue weighted by atomic mass is 16.7.